The molecule has 1 aliphatic rings. The van der Waals surface area contributed by atoms with Crippen molar-refractivity contribution in [3.63, 3.8) is 0 Å². The van der Waals surface area contributed by atoms with Gasteiger partial charge in [0.15, 0.2) is 0 Å². The van der Waals surface area contributed by atoms with Crippen molar-refractivity contribution in [3.8, 4) is 0 Å². The van der Waals surface area contributed by atoms with E-state index >= 15 is 0 Å². The molecule has 0 bridgehead atoms. The van der Waals surface area contributed by atoms with Crippen molar-refractivity contribution < 1.29 is 4.79 Å². The highest BCUT2D eigenvalue weighted by Gasteiger charge is 2.20. The number of halogens is 1. The third-order valence-corrected chi connectivity index (χ3v) is 4.50. The van der Waals surface area contributed by atoms with Crippen LogP contribution in [0.1, 0.15) is 21.5 Å². The second kappa shape index (κ2) is 5.80. The zero-order chi connectivity index (χ0) is 13.9. The molecular formula is C17H16BrNO. The monoisotopic (exact) mass is 329 g/mol. The van der Waals surface area contributed by atoms with Crippen molar-refractivity contribution in [2.24, 2.45) is 0 Å². The van der Waals surface area contributed by atoms with Crippen LogP contribution in [0.2, 0.25) is 0 Å². The van der Waals surface area contributed by atoms with Crippen molar-refractivity contribution in [1.82, 2.24) is 4.90 Å². The summed E-state index contributed by atoms with van der Waals surface area (Å²) < 4.78 is 0.867. The molecular weight excluding hydrogens is 314 g/mol. The van der Waals surface area contributed by atoms with E-state index < -0.39 is 0 Å². The van der Waals surface area contributed by atoms with Crippen molar-refractivity contribution in [1.29, 1.82) is 0 Å². The molecule has 2 aromatic carbocycles. The third kappa shape index (κ3) is 2.63. The number of hydrogen-bond acceptors (Lipinski definition) is 1. The summed E-state index contributed by atoms with van der Waals surface area (Å²) in [5.74, 6) is 0.116. The van der Waals surface area contributed by atoms with E-state index in [1.807, 2.05) is 29.2 Å². The maximum Gasteiger partial charge on any atom is 0.255 e. The molecule has 0 saturated heterocycles. The molecule has 0 radical (unpaired) electrons. The minimum atomic E-state index is 0.116. The van der Waals surface area contributed by atoms with Crippen LogP contribution in [0.15, 0.2) is 53.0 Å². The first-order valence-corrected chi connectivity index (χ1v) is 7.65. The normalized spacial score (nSPS) is 14.6. The van der Waals surface area contributed by atoms with Crippen molar-refractivity contribution in [3.05, 3.63) is 69.7 Å². The number of carbonyl (C=O) groups is 1. The van der Waals surface area contributed by atoms with Gasteiger partial charge in [-0.05, 0) is 52.0 Å². The molecule has 0 unspecified atom stereocenters. The van der Waals surface area contributed by atoms with Gasteiger partial charge in [-0.25, -0.2) is 0 Å². The van der Waals surface area contributed by atoms with E-state index in [2.05, 4.69) is 40.2 Å². The lowest BCUT2D eigenvalue weighted by molar-refractivity contribution is 0.0762. The standard InChI is InChI=1S/C17H16BrNO/c18-16-8-4-3-7-15(16)17(20)19-11-9-13-5-1-2-6-14(13)10-12-19/h1-8H,9-12H2. The number of nitrogens with zero attached hydrogens (tertiary/aromatic N) is 1. The molecule has 0 aliphatic carbocycles. The summed E-state index contributed by atoms with van der Waals surface area (Å²) in [5.41, 5.74) is 3.49. The van der Waals surface area contributed by atoms with Gasteiger partial charge in [0.2, 0.25) is 0 Å². The molecule has 1 amide bonds. The number of carbonyl (C=O) groups excluding carboxylic acids is 1. The van der Waals surface area contributed by atoms with Crippen LogP contribution < -0.4 is 0 Å². The summed E-state index contributed by atoms with van der Waals surface area (Å²) in [6.07, 6.45) is 1.87. The van der Waals surface area contributed by atoms with Crippen LogP contribution in [0.3, 0.4) is 0 Å². The third-order valence-electron chi connectivity index (χ3n) is 3.81. The van der Waals surface area contributed by atoms with E-state index in [-0.39, 0.29) is 5.91 Å². The number of hydrogen-bond donors (Lipinski definition) is 0. The molecule has 1 heterocycles. The van der Waals surface area contributed by atoms with E-state index in [0.29, 0.717) is 0 Å². The van der Waals surface area contributed by atoms with Gasteiger partial charge in [0, 0.05) is 17.6 Å². The Kier molecular flexibility index (Phi) is 3.88. The highest BCUT2D eigenvalue weighted by Crippen LogP contribution is 2.21. The highest BCUT2D eigenvalue weighted by molar-refractivity contribution is 9.10. The summed E-state index contributed by atoms with van der Waals surface area (Å²) in [6, 6.07) is 16.1. The maximum absolute atomic E-state index is 12.6. The number of fused-ring (bicyclic) bond motifs is 1. The van der Waals surface area contributed by atoms with Crippen molar-refractivity contribution in [2.45, 2.75) is 12.8 Å². The molecule has 0 fully saturated rings. The molecule has 102 valence electrons. The van der Waals surface area contributed by atoms with Crippen LogP contribution in [0.25, 0.3) is 0 Å². The first-order valence-electron chi connectivity index (χ1n) is 6.86. The molecule has 3 rings (SSSR count). The Balaban J connectivity index is 1.80. The predicted octanol–water partition coefficient (Wildman–Crippen LogP) is 3.69. The Hall–Kier alpha value is -1.61. The molecule has 0 atom stereocenters. The van der Waals surface area contributed by atoms with Gasteiger partial charge in [0.25, 0.3) is 5.91 Å². The van der Waals surface area contributed by atoms with Crippen molar-refractivity contribution in [2.75, 3.05) is 13.1 Å². The van der Waals surface area contributed by atoms with Crippen LogP contribution in [-0.2, 0) is 12.8 Å². The molecule has 0 aromatic heterocycles. The average molecular weight is 330 g/mol. The average Bonchev–Trinajstić information content (AvgIpc) is 2.70. The fourth-order valence-corrected chi connectivity index (χ4v) is 3.13. The maximum atomic E-state index is 12.6. The lowest BCUT2D eigenvalue weighted by Gasteiger charge is -2.20. The fourth-order valence-electron chi connectivity index (χ4n) is 2.68. The summed E-state index contributed by atoms with van der Waals surface area (Å²) in [5, 5.41) is 0. The SMILES string of the molecule is O=C(c1ccccc1Br)N1CCc2ccccc2CC1. The summed E-state index contributed by atoms with van der Waals surface area (Å²) in [6.45, 7) is 1.58. The number of amides is 1. The lowest BCUT2D eigenvalue weighted by Crippen LogP contribution is -2.33. The zero-order valence-electron chi connectivity index (χ0n) is 11.2. The van der Waals surface area contributed by atoms with E-state index in [9.17, 15) is 4.79 Å². The van der Waals surface area contributed by atoms with Gasteiger partial charge in [0.1, 0.15) is 0 Å². The Labute approximate surface area is 127 Å². The van der Waals surface area contributed by atoms with Gasteiger partial charge < -0.3 is 4.90 Å². The molecule has 0 N–H and O–H groups in total. The molecule has 3 heteroatoms. The second-order valence-corrected chi connectivity index (χ2v) is 5.90. The molecule has 1 aliphatic heterocycles. The van der Waals surface area contributed by atoms with Gasteiger partial charge in [-0.2, -0.15) is 0 Å². The minimum Gasteiger partial charge on any atom is -0.338 e. The molecule has 20 heavy (non-hydrogen) atoms. The first kappa shape index (κ1) is 13.4. The molecule has 2 nitrogen and oxygen atoms in total. The number of benzene rings is 2. The Morgan fingerprint density at radius 1 is 0.900 bits per heavy atom. The number of rotatable bonds is 1. The Bertz CT molecular complexity index is 611. The van der Waals surface area contributed by atoms with Gasteiger partial charge in [-0.15, -0.1) is 0 Å². The quantitative estimate of drug-likeness (QED) is 0.781. The molecule has 0 spiro atoms. The predicted molar refractivity (Wildman–Crippen MR) is 83.9 cm³/mol. The van der Waals surface area contributed by atoms with Crippen molar-refractivity contribution >= 4 is 21.8 Å². The molecule has 2 aromatic rings. The van der Waals surface area contributed by atoms with Gasteiger partial charge >= 0.3 is 0 Å². The highest BCUT2D eigenvalue weighted by atomic mass is 79.9. The second-order valence-electron chi connectivity index (χ2n) is 5.04. The van der Waals surface area contributed by atoms with E-state index in [1.165, 1.54) is 11.1 Å². The minimum absolute atomic E-state index is 0.116. The van der Waals surface area contributed by atoms with Gasteiger partial charge in [0.05, 0.1) is 5.56 Å². The molecule has 0 saturated carbocycles. The van der Waals surface area contributed by atoms with E-state index in [4.69, 9.17) is 0 Å². The van der Waals surface area contributed by atoms with Crippen LogP contribution in [0.5, 0.6) is 0 Å². The summed E-state index contributed by atoms with van der Waals surface area (Å²) in [4.78, 5) is 14.6. The first-order chi connectivity index (χ1) is 9.75. The Morgan fingerprint density at radius 3 is 2.05 bits per heavy atom. The lowest BCUT2D eigenvalue weighted by atomic mass is 10.0. The topological polar surface area (TPSA) is 20.3 Å². The van der Waals surface area contributed by atoms with Crippen LogP contribution in [-0.4, -0.2) is 23.9 Å². The van der Waals surface area contributed by atoms with Crippen LogP contribution in [0, 0.1) is 0 Å². The zero-order valence-corrected chi connectivity index (χ0v) is 12.8. The van der Waals surface area contributed by atoms with Crippen LogP contribution in [0.4, 0.5) is 0 Å². The van der Waals surface area contributed by atoms with Crippen LogP contribution >= 0.6 is 15.9 Å². The van der Waals surface area contributed by atoms with E-state index in [0.717, 1.165) is 36.0 Å². The Morgan fingerprint density at radius 2 is 1.45 bits per heavy atom. The fraction of sp³-hybridized carbons (Fsp3) is 0.235. The van der Waals surface area contributed by atoms with Gasteiger partial charge in [-0.3, -0.25) is 4.79 Å². The summed E-state index contributed by atoms with van der Waals surface area (Å²) >= 11 is 3.46. The largest absolute Gasteiger partial charge is 0.338 e. The van der Waals surface area contributed by atoms with Gasteiger partial charge in [-0.1, -0.05) is 36.4 Å². The van der Waals surface area contributed by atoms with E-state index in [1.54, 1.807) is 0 Å². The smallest absolute Gasteiger partial charge is 0.255 e. The summed E-state index contributed by atoms with van der Waals surface area (Å²) in [7, 11) is 0.